The lowest BCUT2D eigenvalue weighted by Gasteiger charge is -2.45. The SMILES string of the molecule is C=CCCc1ccccc1NC(=O)N1CC[C@@H]2[C@@H](CCCN2C)C1. The van der Waals surface area contributed by atoms with Crippen LogP contribution in [0.25, 0.3) is 0 Å². The minimum Gasteiger partial charge on any atom is -0.324 e. The predicted molar refractivity (Wildman–Crippen MR) is 99.3 cm³/mol. The Bertz CT molecular complexity index is 586. The van der Waals surface area contributed by atoms with Crippen LogP contribution in [0.2, 0.25) is 0 Å². The molecule has 2 heterocycles. The third kappa shape index (κ3) is 3.81. The van der Waals surface area contributed by atoms with Crippen LogP contribution in [0.4, 0.5) is 10.5 Å². The van der Waals surface area contributed by atoms with E-state index >= 15 is 0 Å². The van der Waals surface area contributed by atoms with Gasteiger partial charge in [-0.05, 0) is 63.2 Å². The molecule has 0 bridgehead atoms. The van der Waals surface area contributed by atoms with Crippen molar-refractivity contribution in [2.45, 2.75) is 38.1 Å². The van der Waals surface area contributed by atoms with E-state index < -0.39 is 0 Å². The van der Waals surface area contributed by atoms with E-state index in [9.17, 15) is 4.79 Å². The van der Waals surface area contributed by atoms with Crippen LogP contribution in [0.5, 0.6) is 0 Å². The molecule has 0 saturated carbocycles. The molecule has 1 aromatic carbocycles. The Morgan fingerprint density at radius 2 is 2.17 bits per heavy atom. The average molecular weight is 327 g/mol. The minimum atomic E-state index is 0.0488. The first-order chi connectivity index (χ1) is 11.7. The van der Waals surface area contributed by atoms with Crippen LogP contribution in [0, 0.1) is 5.92 Å². The summed E-state index contributed by atoms with van der Waals surface area (Å²) in [6, 6.07) is 8.79. The molecule has 4 heteroatoms. The Hall–Kier alpha value is -1.81. The number of amides is 2. The summed E-state index contributed by atoms with van der Waals surface area (Å²) in [6.45, 7) is 6.72. The Balaban J connectivity index is 1.62. The van der Waals surface area contributed by atoms with Gasteiger partial charge >= 0.3 is 6.03 Å². The Labute approximate surface area is 145 Å². The normalized spacial score (nSPS) is 24.3. The number of benzene rings is 1. The topological polar surface area (TPSA) is 35.6 Å². The molecule has 24 heavy (non-hydrogen) atoms. The van der Waals surface area contributed by atoms with Gasteiger partial charge in [0.15, 0.2) is 0 Å². The Morgan fingerprint density at radius 1 is 1.33 bits per heavy atom. The van der Waals surface area contributed by atoms with Crippen LogP contribution >= 0.6 is 0 Å². The molecule has 0 aromatic heterocycles. The molecule has 2 amide bonds. The standard InChI is InChI=1S/C20H29N3O/c1-3-4-8-16-9-5-6-11-18(16)21-20(24)23-14-12-19-17(15-23)10-7-13-22(19)2/h3,5-6,9,11,17,19H,1,4,7-8,10,12-15H2,2H3,(H,21,24)/t17-,19+/m0/s1. The summed E-state index contributed by atoms with van der Waals surface area (Å²) >= 11 is 0. The van der Waals surface area contributed by atoms with E-state index in [1.807, 2.05) is 29.2 Å². The van der Waals surface area contributed by atoms with Crippen molar-refractivity contribution in [2.24, 2.45) is 5.92 Å². The van der Waals surface area contributed by atoms with Crippen LogP contribution in [0.15, 0.2) is 36.9 Å². The van der Waals surface area contributed by atoms with Gasteiger partial charge in [-0.2, -0.15) is 0 Å². The first kappa shape index (κ1) is 17.0. The lowest BCUT2D eigenvalue weighted by molar-refractivity contribution is 0.0542. The number of nitrogens with one attached hydrogen (secondary N) is 1. The summed E-state index contributed by atoms with van der Waals surface area (Å²) in [6.07, 6.45) is 7.34. The second-order valence-electron chi connectivity index (χ2n) is 7.10. The number of anilines is 1. The number of para-hydroxylation sites is 1. The highest BCUT2D eigenvalue weighted by Crippen LogP contribution is 2.30. The van der Waals surface area contributed by atoms with Crippen molar-refractivity contribution in [3.05, 3.63) is 42.5 Å². The molecule has 0 radical (unpaired) electrons. The maximum Gasteiger partial charge on any atom is 0.321 e. The van der Waals surface area contributed by atoms with Gasteiger partial charge in [0.05, 0.1) is 0 Å². The number of hydrogen-bond acceptors (Lipinski definition) is 2. The van der Waals surface area contributed by atoms with Gasteiger partial charge in [0, 0.05) is 24.8 Å². The highest BCUT2D eigenvalue weighted by molar-refractivity contribution is 5.90. The fourth-order valence-corrected chi connectivity index (χ4v) is 4.15. The number of urea groups is 1. The molecule has 1 N–H and O–H groups in total. The van der Waals surface area contributed by atoms with Crippen molar-refractivity contribution in [1.82, 2.24) is 9.80 Å². The second kappa shape index (κ2) is 7.84. The molecule has 2 atom stereocenters. The van der Waals surface area contributed by atoms with Crippen molar-refractivity contribution >= 4 is 11.7 Å². The minimum absolute atomic E-state index is 0.0488. The summed E-state index contributed by atoms with van der Waals surface area (Å²) in [5.41, 5.74) is 2.12. The molecule has 1 aromatic rings. The highest BCUT2D eigenvalue weighted by atomic mass is 16.2. The van der Waals surface area contributed by atoms with E-state index in [2.05, 4.69) is 29.9 Å². The zero-order valence-electron chi connectivity index (χ0n) is 14.7. The van der Waals surface area contributed by atoms with Gasteiger partial charge in [0.25, 0.3) is 0 Å². The molecular weight excluding hydrogens is 298 g/mol. The molecule has 130 valence electrons. The van der Waals surface area contributed by atoms with E-state index in [1.165, 1.54) is 24.9 Å². The summed E-state index contributed by atoms with van der Waals surface area (Å²) < 4.78 is 0. The average Bonchev–Trinajstić information content (AvgIpc) is 2.61. The van der Waals surface area contributed by atoms with Crippen molar-refractivity contribution in [3.63, 3.8) is 0 Å². The second-order valence-corrected chi connectivity index (χ2v) is 7.10. The molecule has 0 aliphatic carbocycles. The van der Waals surface area contributed by atoms with Crippen molar-refractivity contribution in [3.8, 4) is 0 Å². The lowest BCUT2D eigenvalue weighted by atomic mass is 9.84. The number of aryl methyl sites for hydroxylation is 1. The predicted octanol–water partition coefficient (Wildman–Crippen LogP) is 3.75. The van der Waals surface area contributed by atoms with Gasteiger partial charge < -0.3 is 15.1 Å². The van der Waals surface area contributed by atoms with Gasteiger partial charge in [0.2, 0.25) is 0 Å². The maximum absolute atomic E-state index is 12.7. The fraction of sp³-hybridized carbons (Fsp3) is 0.550. The first-order valence-electron chi connectivity index (χ1n) is 9.14. The van der Waals surface area contributed by atoms with Crippen molar-refractivity contribution in [2.75, 3.05) is 32.0 Å². The van der Waals surface area contributed by atoms with Crippen LogP contribution in [0.3, 0.4) is 0 Å². The molecule has 4 nitrogen and oxygen atoms in total. The van der Waals surface area contributed by atoms with Crippen LogP contribution < -0.4 is 5.32 Å². The quantitative estimate of drug-likeness (QED) is 0.855. The van der Waals surface area contributed by atoms with E-state index in [-0.39, 0.29) is 6.03 Å². The van der Waals surface area contributed by atoms with Crippen LogP contribution in [0.1, 0.15) is 31.2 Å². The molecule has 2 fully saturated rings. The molecule has 0 spiro atoms. The Kier molecular flexibility index (Phi) is 5.56. The number of hydrogen-bond donors (Lipinski definition) is 1. The maximum atomic E-state index is 12.7. The summed E-state index contributed by atoms with van der Waals surface area (Å²) in [7, 11) is 2.22. The number of likely N-dealkylation sites (tertiary alicyclic amines) is 2. The van der Waals surface area contributed by atoms with E-state index in [0.717, 1.165) is 38.0 Å². The van der Waals surface area contributed by atoms with E-state index in [1.54, 1.807) is 0 Å². The number of carbonyl (C=O) groups is 1. The van der Waals surface area contributed by atoms with Crippen LogP contribution in [-0.2, 0) is 6.42 Å². The zero-order chi connectivity index (χ0) is 16.9. The molecule has 2 saturated heterocycles. The third-order valence-corrected chi connectivity index (χ3v) is 5.51. The first-order valence-corrected chi connectivity index (χ1v) is 9.14. The van der Waals surface area contributed by atoms with E-state index in [4.69, 9.17) is 0 Å². The number of rotatable bonds is 4. The molecule has 0 unspecified atom stereocenters. The Morgan fingerprint density at radius 3 is 3.00 bits per heavy atom. The van der Waals surface area contributed by atoms with E-state index in [0.29, 0.717) is 12.0 Å². The van der Waals surface area contributed by atoms with Crippen molar-refractivity contribution in [1.29, 1.82) is 0 Å². The highest BCUT2D eigenvalue weighted by Gasteiger charge is 2.35. The molecule has 3 rings (SSSR count). The summed E-state index contributed by atoms with van der Waals surface area (Å²) in [4.78, 5) is 17.2. The number of piperidine rings is 2. The van der Waals surface area contributed by atoms with Crippen molar-refractivity contribution < 1.29 is 4.79 Å². The van der Waals surface area contributed by atoms with Gasteiger partial charge in [-0.25, -0.2) is 4.79 Å². The fourth-order valence-electron chi connectivity index (χ4n) is 4.15. The number of nitrogens with zero attached hydrogens (tertiary/aromatic N) is 2. The molecule has 2 aliphatic rings. The zero-order valence-corrected chi connectivity index (χ0v) is 14.7. The largest absolute Gasteiger partial charge is 0.324 e. The number of carbonyl (C=O) groups excluding carboxylic acids is 1. The summed E-state index contributed by atoms with van der Waals surface area (Å²) in [5.74, 6) is 0.624. The van der Waals surface area contributed by atoms with Gasteiger partial charge in [0.1, 0.15) is 0 Å². The lowest BCUT2D eigenvalue weighted by Crippen LogP contribution is -2.54. The molecule has 2 aliphatic heterocycles. The smallest absolute Gasteiger partial charge is 0.321 e. The number of allylic oxidation sites excluding steroid dienone is 1. The van der Waals surface area contributed by atoms with Gasteiger partial charge in [-0.1, -0.05) is 24.3 Å². The molecular formula is C20H29N3O. The third-order valence-electron chi connectivity index (χ3n) is 5.51. The summed E-state index contributed by atoms with van der Waals surface area (Å²) in [5, 5.41) is 3.13. The van der Waals surface area contributed by atoms with Gasteiger partial charge in [-0.15, -0.1) is 6.58 Å². The number of fused-ring (bicyclic) bond motifs is 1. The van der Waals surface area contributed by atoms with Gasteiger partial charge in [-0.3, -0.25) is 0 Å². The monoisotopic (exact) mass is 327 g/mol. The van der Waals surface area contributed by atoms with Crippen LogP contribution in [-0.4, -0.2) is 48.6 Å².